The van der Waals surface area contributed by atoms with Crippen LogP contribution in [0.4, 0.5) is 0 Å². The van der Waals surface area contributed by atoms with Crippen LogP contribution in [0, 0.1) is 5.92 Å². The number of nitrogens with one attached hydrogen (secondary N) is 1. The van der Waals surface area contributed by atoms with Gasteiger partial charge in [0.25, 0.3) is 0 Å². The number of nitrogens with two attached hydrogens (primary N) is 1. The molecule has 1 aromatic carbocycles. The maximum atomic E-state index is 12.0. The van der Waals surface area contributed by atoms with Crippen LogP contribution >= 0.6 is 0 Å². The quantitative estimate of drug-likeness (QED) is 0.732. The van der Waals surface area contributed by atoms with Gasteiger partial charge in [0.2, 0.25) is 5.91 Å². The number of carbonyl (C=O) groups excluding carboxylic acids is 1. The first-order valence-electron chi connectivity index (χ1n) is 6.32. The van der Waals surface area contributed by atoms with Crippen LogP contribution in [-0.2, 0) is 11.2 Å². The van der Waals surface area contributed by atoms with E-state index in [1.807, 2.05) is 6.92 Å². The molecule has 0 bridgehead atoms. The molecule has 1 atom stereocenters. The third-order valence-corrected chi connectivity index (χ3v) is 3.63. The van der Waals surface area contributed by atoms with Gasteiger partial charge in [-0.3, -0.25) is 4.79 Å². The summed E-state index contributed by atoms with van der Waals surface area (Å²) in [5.41, 5.74) is 6.38. The number of aromatic hydroxyl groups is 1. The van der Waals surface area contributed by atoms with Crippen molar-refractivity contribution < 1.29 is 9.90 Å². The van der Waals surface area contributed by atoms with Gasteiger partial charge in [0.05, 0.1) is 12.0 Å². The number of phenols is 1. The van der Waals surface area contributed by atoms with Crippen LogP contribution in [0.15, 0.2) is 24.3 Å². The van der Waals surface area contributed by atoms with Gasteiger partial charge in [-0.2, -0.15) is 0 Å². The van der Waals surface area contributed by atoms with Crippen molar-refractivity contribution in [3.05, 3.63) is 29.8 Å². The molecule has 2 rings (SSSR count). The van der Waals surface area contributed by atoms with E-state index in [1.165, 1.54) is 0 Å². The third-order valence-electron chi connectivity index (χ3n) is 3.63. The number of hydrogen-bond donors (Lipinski definition) is 3. The van der Waals surface area contributed by atoms with Gasteiger partial charge in [-0.1, -0.05) is 12.1 Å². The standard InChI is InChI=1S/C14H20N2O2/c1-14(9-15,11-4-5-11)16-13(18)8-10-2-6-12(17)7-3-10/h2-3,6-7,11,17H,4-5,8-9,15H2,1H3,(H,16,18). The van der Waals surface area contributed by atoms with Gasteiger partial charge >= 0.3 is 0 Å². The van der Waals surface area contributed by atoms with E-state index in [9.17, 15) is 9.90 Å². The van der Waals surface area contributed by atoms with E-state index in [-0.39, 0.29) is 17.2 Å². The van der Waals surface area contributed by atoms with Gasteiger partial charge in [-0.15, -0.1) is 0 Å². The van der Waals surface area contributed by atoms with Crippen LogP contribution < -0.4 is 11.1 Å². The predicted molar refractivity (Wildman–Crippen MR) is 70.1 cm³/mol. The molecule has 0 heterocycles. The summed E-state index contributed by atoms with van der Waals surface area (Å²) in [7, 11) is 0. The lowest BCUT2D eigenvalue weighted by Crippen LogP contribution is -2.53. The summed E-state index contributed by atoms with van der Waals surface area (Å²) in [6.07, 6.45) is 2.61. The van der Waals surface area contributed by atoms with E-state index < -0.39 is 0 Å². The Labute approximate surface area is 107 Å². The third kappa shape index (κ3) is 3.01. The zero-order valence-corrected chi connectivity index (χ0v) is 10.6. The summed E-state index contributed by atoms with van der Waals surface area (Å²) in [4.78, 5) is 12.0. The topological polar surface area (TPSA) is 75.3 Å². The smallest absolute Gasteiger partial charge is 0.224 e. The molecule has 1 aliphatic rings. The average Bonchev–Trinajstić information content (AvgIpc) is 3.16. The number of amides is 1. The van der Waals surface area contributed by atoms with Gasteiger partial charge < -0.3 is 16.2 Å². The fourth-order valence-electron chi connectivity index (χ4n) is 2.20. The second-order valence-corrected chi connectivity index (χ2v) is 5.29. The summed E-state index contributed by atoms with van der Waals surface area (Å²) in [5.74, 6) is 0.718. The van der Waals surface area contributed by atoms with Crippen LogP contribution in [0.5, 0.6) is 5.75 Å². The zero-order valence-electron chi connectivity index (χ0n) is 10.6. The van der Waals surface area contributed by atoms with Crippen molar-refractivity contribution in [1.82, 2.24) is 5.32 Å². The van der Waals surface area contributed by atoms with Crippen molar-refractivity contribution in [3.8, 4) is 5.75 Å². The molecule has 1 amide bonds. The van der Waals surface area contributed by atoms with Crippen LogP contribution in [0.2, 0.25) is 0 Å². The minimum absolute atomic E-state index is 0.0134. The molecule has 1 unspecified atom stereocenters. The summed E-state index contributed by atoms with van der Waals surface area (Å²) in [6, 6.07) is 6.69. The lowest BCUT2D eigenvalue weighted by Gasteiger charge is -2.29. The highest BCUT2D eigenvalue weighted by atomic mass is 16.3. The Hall–Kier alpha value is -1.55. The Morgan fingerprint density at radius 2 is 2.06 bits per heavy atom. The van der Waals surface area contributed by atoms with Gasteiger partial charge in [-0.25, -0.2) is 0 Å². The Kier molecular flexibility index (Phi) is 3.57. The van der Waals surface area contributed by atoms with Crippen LogP contribution in [0.1, 0.15) is 25.3 Å². The molecule has 4 nitrogen and oxygen atoms in total. The largest absolute Gasteiger partial charge is 0.508 e. The molecule has 0 saturated heterocycles. The molecule has 4 N–H and O–H groups in total. The van der Waals surface area contributed by atoms with E-state index in [0.717, 1.165) is 18.4 Å². The molecule has 0 aliphatic heterocycles. The highest BCUT2D eigenvalue weighted by Crippen LogP contribution is 2.38. The molecule has 1 fully saturated rings. The van der Waals surface area contributed by atoms with Crippen molar-refractivity contribution in [3.63, 3.8) is 0 Å². The predicted octanol–water partition coefficient (Wildman–Crippen LogP) is 1.18. The van der Waals surface area contributed by atoms with E-state index in [1.54, 1.807) is 24.3 Å². The number of benzene rings is 1. The van der Waals surface area contributed by atoms with Gasteiger partial charge in [-0.05, 0) is 43.4 Å². The lowest BCUT2D eigenvalue weighted by atomic mass is 9.95. The maximum Gasteiger partial charge on any atom is 0.224 e. The minimum Gasteiger partial charge on any atom is -0.508 e. The molecule has 1 aromatic rings. The summed E-state index contributed by atoms with van der Waals surface area (Å²) >= 11 is 0. The zero-order chi connectivity index (χ0) is 13.2. The van der Waals surface area contributed by atoms with Gasteiger partial charge in [0.1, 0.15) is 5.75 Å². The fourth-order valence-corrected chi connectivity index (χ4v) is 2.20. The van der Waals surface area contributed by atoms with Crippen LogP contribution in [0.25, 0.3) is 0 Å². The van der Waals surface area contributed by atoms with Crippen molar-refractivity contribution in [1.29, 1.82) is 0 Å². The lowest BCUT2D eigenvalue weighted by molar-refractivity contribution is -0.122. The first-order valence-corrected chi connectivity index (χ1v) is 6.32. The van der Waals surface area contributed by atoms with Crippen molar-refractivity contribution in [2.24, 2.45) is 11.7 Å². The number of rotatable bonds is 5. The van der Waals surface area contributed by atoms with Crippen LogP contribution in [0.3, 0.4) is 0 Å². The second-order valence-electron chi connectivity index (χ2n) is 5.29. The highest BCUT2D eigenvalue weighted by molar-refractivity contribution is 5.79. The van der Waals surface area contributed by atoms with E-state index in [4.69, 9.17) is 5.73 Å². The Morgan fingerprint density at radius 1 is 1.44 bits per heavy atom. The normalized spacial score (nSPS) is 18.1. The van der Waals surface area contributed by atoms with E-state index in [0.29, 0.717) is 18.9 Å². The van der Waals surface area contributed by atoms with Crippen molar-refractivity contribution in [2.75, 3.05) is 6.54 Å². The molecule has 4 heteroatoms. The van der Waals surface area contributed by atoms with E-state index >= 15 is 0 Å². The molecular formula is C14H20N2O2. The minimum atomic E-state index is -0.270. The monoisotopic (exact) mass is 248 g/mol. The number of carbonyl (C=O) groups is 1. The number of phenolic OH excluding ortho intramolecular Hbond substituents is 1. The first kappa shape index (κ1) is 12.9. The fraction of sp³-hybridized carbons (Fsp3) is 0.500. The molecule has 0 spiro atoms. The second kappa shape index (κ2) is 4.98. The first-order chi connectivity index (χ1) is 8.53. The van der Waals surface area contributed by atoms with E-state index in [2.05, 4.69) is 5.32 Å². The molecule has 18 heavy (non-hydrogen) atoms. The van der Waals surface area contributed by atoms with Crippen molar-refractivity contribution in [2.45, 2.75) is 31.7 Å². The Bertz CT molecular complexity index is 426. The molecule has 0 aromatic heterocycles. The molecule has 1 saturated carbocycles. The molecule has 0 radical (unpaired) electrons. The summed E-state index contributed by atoms with van der Waals surface area (Å²) in [5, 5.41) is 12.2. The molecule has 98 valence electrons. The average molecular weight is 248 g/mol. The highest BCUT2D eigenvalue weighted by Gasteiger charge is 2.41. The SMILES string of the molecule is CC(CN)(NC(=O)Cc1ccc(O)cc1)C1CC1. The Balaban J connectivity index is 1.93. The van der Waals surface area contributed by atoms with Crippen LogP contribution in [-0.4, -0.2) is 23.1 Å². The summed E-state index contributed by atoms with van der Waals surface area (Å²) < 4.78 is 0. The Morgan fingerprint density at radius 3 is 2.56 bits per heavy atom. The summed E-state index contributed by atoms with van der Waals surface area (Å²) in [6.45, 7) is 2.48. The molecule has 1 aliphatic carbocycles. The maximum absolute atomic E-state index is 12.0. The van der Waals surface area contributed by atoms with Gasteiger partial charge in [0.15, 0.2) is 0 Å². The van der Waals surface area contributed by atoms with Gasteiger partial charge in [0, 0.05) is 6.54 Å². The van der Waals surface area contributed by atoms with Crippen molar-refractivity contribution >= 4 is 5.91 Å². The molecular weight excluding hydrogens is 228 g/mol. The number of hydrogen-bond acceptors (Lipinski definition) is 3.